The van der Waals surface area contributed by atoms with Gasteiger partial charge >= 0.3 is 6.03 Å². The van der Waals surface area contributed by atoms with E-state index in [-0.39, 0.29) is 6.03 Å². The Hall–Kier alpha value is -2.63. The standard InChI is InChI=1S/C12H16ClN.C9H7N.C6H12N2O.C2H6/c13-12-3-1-10(2-4-12)9-11-5-7-14-8-6-11;1-2-6-9-8(4-1)5-3-7-10-9;7-6(9)8-5-3-1-2-4-5;1-2/h1-4,11,14H,5-9H2;1-7H;5H,1-4H2,(H3,7,8,9);1-2H3. The van der Waals surface area contributed by atoms with Crippen molar-refractivity contribution >= 4 is 28.5 Å². The van der Waals surface area contributed by atoms with Crippen LogP contribution in [-0.4, -0.2) is 30.1 Å². The normalized spacial score (nSPS) is 15.5. The number of nitrogens with zero attached hydrogens (tertiary/aromatic N) is 1. The number of primary amides is 1. The summed E-state index contributed by atoms with van der Waals surface area (Å²) < 4.78 is 0. The lowest BCUT2D eigenvalue weighted by molar-refractivity contribution is 0.245. The molecule has 2 aliphatic rings. The molecule has 0 unspecified atom stereocenters. The molecule has 0 atom stereocenters. The fourth-order valence-electron chi connectivity index (χ4n) is 4.33. The lowest BCUT2D eigenvalue weighted by Gasteiger charge is -2.22. The molecule has 5 rings (SSSR count). The Morgan fingerprint density at radius 1 is 0.971 bits per heavy atom. The van der Waals surface area contributed by atoms with Crippen molar-refractivity contribution in [3.8, 4) is 0 Å². The van der Waals surface area contributed by atoms with E-state index in [0.717, 1.165) is 29.3 Å². The van der Waals surface area contributed by atoms with Crippen LogP contribution in [0.3, 0.4) is 0 Å². The molecule has 1 aromatic heterocycles. The van der Waals surface area contributed by atoms with Crippen LogP contribution in [0.25, 0.3) is 10.9 Å². The molecule has 0 radical (unpaired) electrons. The highest BCUT2D eigenvalue weighted by molar-refractivity contribution is 6.30. The largest absolute Gasteiger partial charge is 0.352 e. The molecule has 1 saturated carbocycles. The van der Waals surface area contributed by atoms with Gasteiger partial charge in [0.05, 0.1) is 5.52 Å². The van der Waals surface area contributed by atoms with Crippen molar-refractivity contribution < 1.29 is 4.79 Å². The highest BCUT2D eigenvalue weighted by Gasteiger charge is 2.15. The average molecular weight is 497 g/mol. The number of piperidine rings is 1. The molecular weight excluding hydrogens is 456 g/mol. The third kappa shape index (κ3) is 11.6. The molecule has 0 spiro atoms. The Kier molecular flexibility index (Phi) is 13.8. The third-order valence-electron chi connectivity index (χ3n) is 6.11. The van der Waals surface area contributed by atoms with E-state index in [9.17, 15) is 4.79 Å². The van der Waals surface area contributed by atoms with Crippen LogP contribution in [0.4, 0.5) is 4.79 Å². The zero-order valence-electron chi connectivity index (χ0n) is 21.2. The van der Waals surface area contributed by atoms with Crippen LogP contribution in [0, 0.1) is 5.92 Å². The molecule has 1 saturated heterocycles. The Morgan fingerprint density at radius 2 is 1.60 bits per heavy atom. The number of nitrogens with two attached hydrogens (primary N) is 1. The van der Waals surface area contributed by atoms with Gasteiger partial charge in [-0.05, 0) is 80.9 Å². The van der Waals surface area contributed by atoms with E-state index in [1.165, 1.54) is 56.1 Å². The number of halogens is 1. The molecule has 4 N–H and O–H groups in total. The van der Waals surface area contributed by atoms with E-state index in [2.05, 4.69) is 39.9 Å². The van der Waals surface area contributed by atoms with E-state index >= 15 is 0 Å². The van der Waals surface area contributed by atoms with Gasteiger partial charge in [-0.3, -0.25) is 4.98 Å². The minimum atomic E-state index is -0.387. The fraction of sp³-hybridized carbons (Fsp3) is 0.448. The first-order valence-corrected chi connectivity index (χ1v) is 13.3. The number of pyridine rings is 1. The predicted octanol–water partition coefficient (Wildman–Crippen LogP) is 6.74. The molecule has 6 heteroatoms. The summed E-state index contributed by atoms with van der Waals surface area (Å²) in [6.45, 7) is 6.36. The molecule has 3 aromatic rings. The van der Waals surface area contributed by atoms with Crippen LogP contribution in [0.5, 0.6) is 0 Å². The van der Waals surface area contributed by atoms with Crippen molar-refractivity contribution in [3.05, 3.63) is 77.4 Å². The van der Waals surface area contributed by atoms with Crippen LogP contribution in [-0.2, 0) is 6.42 Å². The summed E-state index contributed by atoms with van der Waals surface area (Å²) in [5.41, 5.74) is 7.40. The SMILES string of the molecule is CC.Clc1ccc(CC2CCNCC2)cc1.NC(=O)NC1CCCC1.c1ccc2ncccc2c1. The number of nitrogens with one attached hydrogen (secondary N) is 2. The number of carbonyl (C=O) groups excluding carboxylic acids is 1. The highest BCUT2D eigenvalue weighted by Crippen LogP contribution is 2.19. The summed E-state index contributed by atoms with van der Waals surface area (Å²) in [7, 11) is 0. The van der Waals surface area contributed by atoms with E-state index in [0.29, 0.717) is 6.04 Å². The van der Waals surface area contributed by atoms with Crippen molar-refractivity contribution in [2.24, 2.45) is 11.7 Å². The predicted molar refractivity (Wildman–Crippen MR) is 149 cm³/mol. The topological polar surface area (TPSA) is 80.0 Å². The molecule has 1 aliphatic carbocycles. The number of hydrogen-bond acceptors (Lipinski definition) is 3. The van der Waals surface area contributed by atoms with Crippen LogP contribution in [0.1, 0.15) is 57.9 Å². The fourth-order valence-corrected chi connectivity index (χ4v) is 4.45. The summed E-state index contributed by atoms with van der Waals surface area (Å²) in [6.07, 6.45) is 10.3. The van der Waals surface area contributed by atoms with E-state index in [4.69, 9.17) is 17.3 Å². The van der Waals surface area contributed by atoms with Crippen molar-refractivity contribution in [1.82, 2.24) is 15.6 Å². The van der Waals surface area contributed by atoms with Gasteiger partial charge in [-0.2, -0.15) is 0 Å². The van der Waals surface area contributed by atoms with Gasteiger partial charge in [0.1, 0.15) is 0 Å². The van der Waals surface area contributed by atoms with Crippen LogP contribution >= 0.6 is 11.6 Å². The number of fused-ring (bicyclic) bond motifs is 1. The van der Waals surface area contributed by atoms with Gasteiger partial charge in [0, 0.05) is 22.6 Å². The maximum Gasteiger partial charge on any atom is 0.312 e. The van der Waals surface area contributed by atoms with E-state index in [1.54, 1.807) is 0 Å². The lowest BCUT2D eigenvalue weighted by Crippen LogP contribution is -2.36. The van der Waals surface area contributed by atoms with Crippen LogP contribution in [0.2, 0.25) is 5.02 Å². The molecule has 35 heavy (non-hydrogen) atoms. The van der Waals surface area contributed by atoms with Crippen LogP contribution in [0.15, 0.2) is 66.9 Å². The number of benzene rings is 2. The zero-order valence-corrected chi connectivity index (χ0v) is 21.9. The van der Waals surface area contributed by atoms with Crippen molar-refractivity contribution in [2.75, 3.05) is 13.1 Å². The van der Waals surface area contributed by atoms with Gasteiger partial charge in [0.25, 0.3) is 0 Å². The summed E-state index contributed by atoms with van der Waals surface area (Å²) in [5.74, 6) is 0.859. The highest BCUT2D eigenvalue weighted by atomic mass is 35.5. The monoisotopic (exact) mass is 496 g/mol. The first-order chi connectivity index (χ1) is 17.1. The second-order valence-corrected chi connectivity index (χ2v) is 9.15. The summed E-state index contributed by atoms with van der Waals surface area (Å²) >= 11 is 5.84. The maximum atomic E-state index is 10.3. The maximum absolute atomic E-state index is 10.3. The van der Waals surface area contributed by atoms with E-state index < -0.39 is 0 Å². The van der Waals surface area contributed by atoms with E-state index in [1.807, 2.05) is 56.4 Å². The number of rotatable bonds is 3. The van der Waals surface area contributed by atoms with Crippen molar-refractivity contribution in [1.29, 1.82) is 0 Å². The minimum Gasteiger partial charge on any atom is -0.352 e. The quantitative estimate of drug-likeness (QED) is 0.375. The molecule has 0 bridgehead atoms. The lowest BCUT2D eigenvalue weighted by atomic mass is 9.91. The second-order valence-electron chi connectivity index (χ2n) is 8.71. The number of amides is 2. The Bertz CT molecular complexity index is 902. The molecule has 2 amide bonds. The van der Waals surface area contributed by atoms with Crippen LogP contribution < -0.4 is 16.4 Å². The number of urea groups is 1. The molecular formula is C29H41ClN4O. The molecule has 2 heterocycles. The van der Waals surface area contributed by atoms with Gasteiger partial charge < -0.3 is 16.4 Å². The molecule has 5 nitrogen and oxygen atoms in total. The van der Waals surface area contributed by atoms with Gasteiger partial charge in [-0.25, -0.2) is 4.79 Å². The number of hydrogen-bond donors (Lipinski definition) is 3. The molecule has 1 aliphatic heterocycles. The first-order valence-electron chi connectivity index (χ1n) is 12.9. The van der Waals surface area contributed by atoms with Gasteiger partial charge in [0.2, 0.25) is 0 Å². The number of carbonyl (C=O) groups is 1. The molecule has 2 fully saturated rings. The molecule has 2 aromatic carbocycles. The first kappa shape index (κ1) is 28.6. The van der Waals surface area contributed by atoms with Gasteiger partial charge in [0.15, 0.2) is 0 Å². The zero-order chi connectivity index (χ0) is 25.3. The number of aromatic nitrogens is 1. The Labute approximate surface area is 215 Å². The summed E-state index contributed by atoms with van der Waals surface area (Å²) in [5, 5.41) is 8.10. The van der Waals surface area contributed by atoms with Gasteiger partial charge in [-0.1, -0.05) is 74.7 Å². The van der Waals surface area contributed by atoms with Crippen molar-refractivity contribution in [2.45, 2.75) is 64.8 Å². The molecule has 190 valence electrons. The average Bonchev–Trinajstić information content (AvgIpc) is 3.41. The van der Waals surface area contributed by atoms with Crippen molar-refractivity contribution in [3.63, 3.8) is 0 Å². The Balaban J connectivity index is 0.000000184. The summed E-state index contributed by atoms with van der Waals surface area (Å²) in [4.78, 5) is 14.4. The number of para-hydroxylation sites is 1. The summed E-state index contributed by atoms with van der Waals surface area (Å²) in [6, 6.07) is 20.3. The third-order valence-corrected chi connectivity index (χ3v) is 6.36. The van der Waals surface area contributed by atoms with Gasteiger partial charge in [-0.15, -0.1) is 0 Å². The Morgan fingerprint density at radius 3 is 2.23 bits per heavy atom. The second kappa shape index (κ2) is 16.9. The smallest absolute Gasteiger partial charge is 0.312 e. The minimum absolute atomic E-state index is 0.363.